The number of esters is 1. The van der Waals surface area contributed by atoms with Gasteiger partial charge in [0, 0.05) is 42.4 Å². The lowest BCUT2D eigenvalue weighted by Gasteiger charge is -2.72. The van der Waals surface area contributed by atoms with Crippen LogP contribution in [-0.2, 0) is 25.7 Å². The topological polar surface area (TPSA) is 87.2 Å². The number of benzene rings is 1. The first-order chi connectivity index (χ1) is 26.4. The summed E-state index contributed by atoms with van der Waals surface area (Å²) in [7, 11) is 4.14. The van der Waals surface area contributed by atoms with Gasteiger partial charge >= 0.3 is 11.9 Å². The number of carbonyl (C=O) groups excluding carboxylic acids is 2. The number of allylic oxidation sites excluding steroid dienone is 2. The van der Waals surface area contributed by atoms with E-state index in [9.17, 15) is 19.5 Å². The summed E-state index contributed by atoms with van der Waals surface area (Å²) in [5, 5.41) is 9.80. The summed E-state index contributed by atoms with van der Waals surface area (Å²) in [5.74, 6) is -0.00687. The number of fused-ring (bicyclic) bond motifs is 7. The van der Waals surface area contributed by atoms with E-state index in [0.717, 1.165) is 83.0 Å². The maximum Gasteiger partial charge on any atom is 0.309 e. The maximum absolute atomic E-state index is 15.2. The highest BCUT2D eigenvalue weighted by atomic mass is 35.5. The number of rotatable bonds is 13. The van der Waals surface area contributed by atoms with Crippen LogP contribution in [0, 0.1) is 62.0 Å². The Morgan fingerprint density at radius 1 is 0.947 bits per heavy atom. The van der Waals surface area contributed by atoms with Gasteiger partial charge in [-0.05, 0) is 144 Å². The molecule has 9 heteroatoms. The fraction of sp³-hybridized carbons (Fsp3) is 0.771. The lowest BCUT2D eigenvalue weighted by molar-refractivity contribution is -0.233. The molecule has 1 aromatic rings. The molecular weight excluding hydrogens is 739 g/mol. The van der Waals surface area contributed by atoms with E-state index in [4.69, 9.17) is 16.3 Å². The molecule has 5 aliphatic carbocycles. The Labute approximate surface area is 347 Å². The summed E-state index contributed by atoms with van der Waals surface area (Å²) in [6.07, 6.45) is 9.36. The number of carbonyl (C=O) groups is 3. The zero-order valence-electron chi connectivity index (χ0n) is 37.0. The van der Waals surface area contributed by atoms with Crippen LogP contribution in [0.3, 0.4) is 0 Å². The minimum absolute atomic E-state index is 0.0396. The Kier molecular flexibility index (Phi) is 12.1. The van der Waals surface area contributed by atoms with Crippen LogP contribution in [0.5, 0.6) is 0 Å². The molecule has 6 rings (SSSR count). The first-order valence-corrected chi connectivity index (χ1v) is 22.3. The van der Waals surface area contributed by atoms with E-state index >= 15 is 4.39 Å². The molecule has 0 bridgehead atoms. The Bertz CT molecular complexity index is 1770. The standard InChI is InChI=1S/C48H72ClFN2O5/c1-30(2)39-34(53)27-48(23-24-52(26-25-51(10)11)29-31-13-12-14-33(49)41(31)50)22-21-46(8)32(40(39)48)15-16-36-45(7)19-18-37(57-38(54)28-43(3,4)42(55)56)44(5,6)35(45)17-20-47(36,46)9/h12-14,30,32,35-37H,15-29H2,1-11H3,(H,55,56)/t32-,35?,36?,37+,45+,46-,47-,48-/m1/s1. The third kappa shape index (κ3) is 7.57. The number of ketones is 1. The second-order valence-electron chi connectivity index (χ2n) is 21.7. The molecule has 0 amide bonds. The van der Waals surface area contributed by atoms with Gasteiger partial charge in [-0.1, -0.05) is 77.8 Å². The highest BCUT2D eigenvalue weighted by molar-refractivity contribution is 6.30. The second kappa shape index (κ2) is 15.6. The van der Waals surface area contributed by atoms with E-state index < -0.39 is 17.4 Å². The lowest BCUT2D eigenvalue weighted by Crippen LogP contribution is -2.65. The lowest BCUT2D eigenvalue weighted by atomic mass is 9.33. The van der Waals surface area contributed by atoms with Crippen LogP contribution in [-0.4, -0.2) is 72.5 Å². The van der Waals surface area contributed by atoms with Gasteiger partial charge in [0.25, 0.3) is 0 Å². The number of halogens is 2. The minimum atomic E-state index is -1.17. The molecule has 8 atom stereocenters. The summed E-state index contributed by atoms with van der Waals surface area (Å²) >= 11 is 6.23. The molecule has 0 saturated heterocycles. The van der Waals surface area contributed by atoms with Crippen molar-refractivity contribution in [2.45, 2.75) is 146 Å². The number of aliphatic carboxylic acids is 1. The van der Waals surface area contributed by atoms with Gasteiger partial charge in [0.05, 0.1) is 16.9 Å². The van der Waals surface area contributed by atoms with Gasteiger partial charge in [-0.3, -0.25) is 19.3 Å². The molecule has 0 spiro atoms. The van der Waals surface area contributed by atoms with E-state index in [0.29, 0.717) is 42.1 Å². The number of carboxylic acids is 1. The molecule has 0 radical (unpaired) electrons. The maximum atomic E-state index is 15.2. The van der Waals surface area contributed by atoms with Crippen molar-refractivity contribution in [1.29, 1.82) is 0 Å². The van der Waals surface area contributed by atoms with Crippen LogP contribution in [0.2, 0.25) is 5.02 Å². The van der Waals surface area contributed by atoms with Gasteiger partial charge < -0.3 is 14.7 Å². The molecule has 0 aliphatic heterocycles. The summed E-state index contributed by atoms with van der Waals surface area (Å²) in [4.78, 5) is 43.8. The fourth-order valence-electron chi connectivity index (χ4n) is 13.8. The third-order valence-corrected chi connectivity index (χ3v) is 17.4. The van der Waals surface area contributed by atoms with E-state index in [-0.39, 0.29) is 56.4 Å². The normalized spacial score (nSPS) is 34.9. The zero-order chi connectivity index (χ0) is 42.1. The Morgan fingerprint density at radius 3 is 2.30 bits per heavy atom. The van der Waals surface area contributed by atoms with Crippen LogP contribution in [0.15, 0.2) is 29.3 Å². The van der Waals surface area contributed by atoms with Gasteiger partial charge in [-0.15, -0.1) is 0 Å². The van der Waals surface area contributed by atoms with Gasteiger partial charge in [-0.2, -0.15) is 0 Å². The molecule has 5 aliphatic rings. The number of nitrogens with zero attached hydrogens (tertiary/aromatic N) is 2. The number of likely N-dealkylation sites (N-methyl/N-ethyl adjacent to an activating group) is 1. The first-order valence-electron chi connectivity index (χ1n) is 21.9. The Balaban J connectivity index is 1.27. The number of ether oxygens (including phenoxy) is 1. The van der Waals surface area contributed by atoms with Crippen LogP contribution < -0.4 is 0 Å². The molecule has 0 aromatic heterocycles. The fourth-order valence-corrected chi connectivity index (χ4v) is 14.0. The second-order valence-corrected chi connectivity index (χ2v) is 22.1. The summed E-state index contributed by atoms with van der Waals surface area (Å²) in [6.45, 7) is 22.8. The van der Waals surface area contributed by atoms with Crippen molar-refractivity contribution in [2.75, 3.05) is 33.7 Å². The van der Waals surface area contributed by atoms with Crippen LogP contribution in [0.1, 0.15) is 139 Å². The highest BCUT2D eigenvalue weighted by Gasteiger charge is 2.70. The van der Waals surface area contributed by atoms with Crippen molar-refractivity contribution >= 4 is 29.3 Å². The van der Waals surface area contributed by atoms with Crippen molar-refractivity contribution in [3.8, 4) is 0 Å². The number of hydrogen-bond acceptors (Lipinski definition) is 6. The number of Topliss-reactive ketones (excluding diaryl/α,β-unsaturated/α-hetero) is 1. The largest absolute Gasteiger partial charge is 0.481 e. The molecule has 1 N–H and O–H groups in total. The highest BCUT2D eigenvalue weighted by Crippen LogP contribution is 2.77. The predicted octanol–water partition coefficient (Wildman–Crippen LogP) is 10.6. The molecule has 1 aromatic carbocycles. The summed E-state index contributed by atoms with van der Waals surface area (Å²) in [5.41, 5.74) is 1.81. The van der Waals surface area contributed by atoms with Crippen LogP contribution in [0.25, 0.3) is 0 Å². The molecule has 2 unspecified atom stereocenters. The summed E-state index contributed by atoms with van der Waals surface area (Å²) in [6, 6.07) is 5.28. The average Bonchev–Trinajstić information content (AvgIpc) is 3.41. The van der Waals surface area contributed by atoms with Crippen molar-refractivity contribution < 1.29 is 28.6 Å². The van der Waals surface area contributed by atoms with E-state index in [2.05, 4.69) is 72.4 Å². The minimum Gasteiger partial charge on any atom is -0.481 e. The van der Waals surface area contributed by atoms with Gasteiger partial charge in [0.15, 0.2) is 5.78 Å². The van der Waals surface area contributed by atoms with E-state index in [1.807, 2.05) is 12.1 Å². The summed E-state index contributed by atoms with van der Waals surface area (Å²) < 4.78 is 21.4. The molecule has 0 heterocycles. The van der Waals surface area contributed by atoms with Crippen LogP contribution >= 0.6 is 11.6 Å². The van der Waals surface area contributed by atoms with E-state index in [1.54, 1.807) is 19.9 Å². The number of hydrogen-bond donors (Lipinski definition) is 1. The van der Waals surface area contributed by atoms with Gasteiger partial charge in [0.1, 0.15) is 11.9 Å². The molecule has 318 valence electrons. The third-order valence-electron chi connectivity index (χ3n) is 17.1. The van der Waals surface area contributed by atoms with E-state index in [1.165, 1.54) is 5.57 Å². The zero-order valence-corrected chi connectivity index (χ0v) is 37.7. The quantitative estimate of drug-likeness (QED) is 0.199. The molecule has 4 fully saturated rings. The number of carboxylic acid groups (broad SMARTS) is 1. The van der Waals surface area contributed by atoms with Crippen molar-refractivity contribution in [1.82, 2.24) is 9.80 Å². The monoisotopic (exact) mass is 811 g/mol. The van der Waals surface area contributed by atoms with Gasteiger partial charge in [0.2, 0.25) is 0 Å². The van der Waals surface area contributed by atoms with Crippen molar-refractivity contribution in [3.63, 3.8) is 0 Å². The van der Waals surface area contributed by atoms with Crippen LogP contribution in [0.4, 0.5) is 4.39 Å². The SMILES string of the molecule is CC(C)C1=C2[C@H]3CCC4[C@@]5(C)CC[C@H](OC(=O)CC(C)(C)C(=O)O)C(C)(C)C5CC[C@@]4(C)[C@]3(C)CC[C@@]2(CCN(CCN(C)C)Cc2cccc(Cl)c2F)CC1=O. The Hall–Kier alpha value is -2.29. The molecule has 57 heavy (non-hydrogen) atoms. The molecular formula is C48H72ClFN2O5. The smallest absolute Gasteiger partial charge is 0.309 e. The Morgan fingerprint density at radius 2 is 1.65 bits per heavy atom. The van der Waals surface area contributed by atoms with Gasteiger partial charge in [-0.25, -0.2) is 4.39 Å². The molecule has 4 saturated carbocycles. The first kappa shape index (κ1) is 44.3. The average molecular weight is 812 g/mol. The van der Waals surface area contributed by atoms with Crippen molar-refractivity contribution in [3.05, 3.63) is 45.7 Å². The van der Waals surface area contributed by atoms with Crippen molar-refractivity contribution in [2.24, 2.45) is 56.2 Å². The molecule has 7 nitrogen and oxygen atoms in total. The predicted molar refractivity (Wildman–Crippen MR) is 225 cm³/mol.